The standard InChI is InChI=1S/C25H36N2O3S/c1-5-6-7-24(28)18-22-8-12-26(13-9-22)23-10-14-27(15-11-23)31(29,30)25-20(3)16-19(2)17-21(25)4/h1,16-17,22-23H,6-15,18H2,2-4H3. The predicted octanol–water partition coefficient (Wildman–Crippen LogP) is 3.85. The van der Waals surface area contributed by atoms with E-state index >= 15 is 0 Å². The van der Waals surface area contributed by atoms with Gasteiger partial charge in [0, 0.05) is 38.4 Å². The van der Waals surface area contributed by atoms with Gasteiger partial charge in [0.25, 0.3) is 0 Å². The number of nitrogens with zero attached hydrogens (tertiary/aromatic N) is 2. The van der Waals surface area contributed by atoms with Gasteiger partial charge in [-0.3, -0.25) is 4.79 Å². The first-order valence-corrected chi connectivity index (χ1v) is 12.9. The highest BCUT2D eigenvalue weighted by atomic mass is 32.2. The Morgan fingerprint density at radius 3 is 2.16 bits per heavy atom. The Morgan fingerprint density at radius 1 is 1.03 bits per heavy atom. The Kier molecular flexibility index (Phi) is 7.96. The van der Waals surface area contributed by atoms with E-state index in [0.717, 1.165) is 55.5 Å². The number of ketones is 1. The summed E-state index contributed by atoms with van der Waals surface area (Å²) in [6.45, 7) is 8.93. The van der Waals surface area contributed by atoms with Crippen LogP contribution in [0.1, 0.15) is 61.6 Å². The predicted molar refractivity (Wildman–Crippen MR) is 124 cm³/mol. The lowest BCUT2D eigenvalue weighted by atomic mass is 9.89. The summed E-state index contributed by atoms with van der Waals surface area (Å²) < 4.78 is 28.3. The molecule has 0 aliphatic carbocycles. The van der Waals surface area contributed by atoms with Crippen molar-refractivity contribution in [1.82, 2.24) is 9.21 Å². The van der Waals surface area contributed by atoms with Crippen molar-refractivity contribution in [1.29, 1.82) is 0 Å². The minimum atomic E-state index is -3.46. The van der Waals surface area contributed by atoms with Crippen LogP contribution in [0.2, 0.25) is 0 Å². The zero-order chi connectivity index (χ0) is 22.6. The van der Waals surface area contributed by atoms with Crippen LogP contribution in [0.25, 0.3) is 0 Å². The van der Waals surface area contributed by atoms with Gasteiger partial charge in [-0.1, -0.05) is 17.7 Å². The molecule has 31 heavy (non-hydrogen) atoms. The fourth-order valence-corrected chi connectivity index (χ4v) is 7.19. The largest absolute Gasteiger partial charge is 0.300 e. The summed E-state index contributed by atoms with van der Waals surface area (Å²) in [6.07, 6.45) is 10.8. The zero-order valence-electron chi connectivity index (χ0n) is 19.2. The maximum Gasteiger partial charge on any atom is 0.243 e. The van der Waals surface area contributed by atoms with Gasteiger partial charge < -0.3 is 4.90 Å². The Hall–Kier alpha value is -1.68. The Labute approximate surface area is 188 Å². The van der Waals surface area contributed by atoms with E-state index in [1.807, 2.05) is 32.9 Å². The maximum atomic E-state index is 13.3. The second kappa shape index (κ2) is 10.3. The van der Waals surface area contributed by atoms with E-state index in [1.165, 1.54) is 0 Å². The van der Waals surface area contributed by atoms with Gasteiger partial charge in [-0.15, -0.1) is 12.3 Å². The summed E-state index contributed by atoms with van der Waals surface area (Å²) in [7, 11) is -3.46. The van der Waals surface area contributed by atoms with Crippen LogP contribution >= 0.6 is 0 Å². The van der Waals surface area contributed by atoms with Crippen LogP contribution < -0.4 is 0 Å². The number of hydrogen-bond acceptors (Lipinski definition) is 4. The fraction of sp³-hybridized carbons (Fsp3) is 0.640. The van der Waals surface area contributed by atoms with Crippen molar-refractivity contribution >= 4 is 15.8 Å². The number of benzene rings is 1. The summed E-state index contributed by atoms with van der Waals surface area (Å²) in [5.41, 5.74) is 2.76. The van der Waals surface area contributed by atoms with Gasteiger partial charge in [0.15, 0.2) is 0 Å². The van der Waals surface area contributed by atoms with Crippen molar-refractivity contribution < 1.29 is 13.2 Å². The average Bonchev–Trinajstić information content (AvgIpc) is 2.72. The second-order valence-electron chi connectivity index (χ2n) is 9.29. The van der Waals surface area contributed by atoms with Crippen LogP contribution in [-0.4, -0.2) is 55.6 Å². The second-order valence-corrected chi connectivity index (χ2v) is 11.2. The molecule has 0 atom stereocenters. The number of aryl methyl sites for hydroxylation is 3. The first kappa shape index (κ1) is 24.0. The van der Waals surface area contributed by atoms with E-state index in [0.29, 0.717) is 49.2 Å². The molecule has 2 saturated heterocycles. The third-order valence-corrected chi connectivity index (χ3v) is 9.06. The van der Waals surface area contributed by atoms with Crippen molar-refractivity contribution in [3.05, 3.63) is 28.8 Å². The average molecular weight is 445 g/mol. The molecule has 0 saturated carbocycles. The van der Waals surface area contributed by atoms with Crippen molar-refractivity contribution in [3.8, 4) is 12.3 Å². The molecule has 2 aliphatic rings. The molecular formula is C25H36N2O3S. The molecule has 170 valence electrons. The quantitative estimate of drug-likeness (QED) is 0.600. The van der Waals surface area contributed by atoms with Crippen LogP contribution in [0.3, 0.4) is 0 Å². The number of sulfonamides is 1. The minimum Gasteiger partial charge on any atom is -0.300 e. The molecule has 0 radical (unpaired) electrons. The number of rotatable bonds is 7. The maximum absolute atomic E-state index is 13.3. The molecular weight excluding hydrogens is 408 g/mol. The highest BCUT2D eigenvalue weighted by molar-refractivity contribution is 7.89. The molecule has 0 aromatic heterocycles. The number of terminal acetylenes is 1. The Bertz CT molecular complexity index is 909. The van der Waals surface area contributed by atoms with Crippen LogP contribution in [0.4, 0.5) is 0 Å². The van der Waals surface area contributed by atoms with Gasteiger partial charge in [0.2, 0.25) is 10.0 Å². The third kappa shape index (κ3) is 5.77. The first-order chi connectivity index (χ1) is 14.7. The van der Waals surface area contributed by atoms with Crippen molar-refractivity contribution in [2.24, 2.45) is 5.92 Å². The van der Waals surface area contributed by atoms with E-state index in [1.54, 1.807) is 4.31 Å². The molecule has 0 unspecified atom stereocenters. The molecule has 2 fully saturated rings. The lowest BCUT2D eigenvalue weighted by molar-refractivity contribution is -0.120. The monoisotopic (exact) mass is 444 g/mol. The van der Waals surface area contributed by atoms with Gasteiger partial charge in [0.1, 0.15) is 5.78 Å². The number of likely N-dealkylation sites (tertiary alicyclic amines) is 1. The number of hydrogen-bond donors (Lipinski definition) is 0. The van der Waals surface area contributed by atoms with E-state index in [4.69, 9.17) is 6.42 Å². The number of piperidine rings is 2. The smallest absolute Gasteiger partial charge is 0.243 e. The van der Waals surface area contributed by atoms with Crippen molar-refractivity contribution in [3.63, 3.8) is 0 Å². The third-order valence-electron chi connectivity index (χ3n) is 6.86. The molecule has 5 nitrogen and oxygen atoms in total. The molecule has 0 amide bonds. The van der Waals surface area contributed by atoms with Gasteiger partial charge >= 0.3 is 0 Å². The lowest BCUT2D eigenvalue weighted by Gasteiger charge is -2.41. The molecule has 2 heterocycles. The summed E-state index contributed by atoms with van der Waals surface area (Å²) in [5, 5.41) is 0. The minimum absolute atomic E-state index is 0.289. The van der Waals surface area contributed by atoms with Crippen molar-refractivity contribution in [2.45, 2.75) is 76.7 Å². The Morgan fingerprint density at radius 2 is 1.61 bits per heavy atom. The van der Waals surface area contributed by atoms with Gasteiger partial charge in [-0.25, -0.2) is 8.42 Å². The number of carbonyl (C=O) groups is 1. The summed E-state index contributed by atoms with van der Waals surface area (Å²) in [6, 6.07) is 4.34. The van der Waals surface area contributed by atoms with Gasteiger partial charge in [0.05, 0.1) is 4.90 Å². The molecule has 3 rings (SSSR count). The van der Waals surface area contributed by atoms with Crippen LogP contribution in [0.15, 0.2) is 17.0 Å². The van der Waals surface area contributed by atoms with Crippen molar-refractivity contribution in [2.75, 3.05) is 26.2 Å². The molecule has 1 aromatic rings. The van der Waals surface area contributed by atoms with E-state index < -0.39 is 10.0 Å². The Balaban J connectivity index is 1.53. The first-order valence-electron chi connectivity index (χ1n) is 11.5. The van der Waals surface area contributed by atoms with E-state index in [-0.39, 0.29) is 5.78 Å². The molecule has 0 bridgehead atoms. The zero-order valence-corrected chi connectivity index (χ0v) is 20.0. The molecule has 1 aromatic carbocycles. The SMILES string of the molecule is C#CCCC(=O)CC1CCN(C2CCN(S(=O)(=O)c3c(C)cc(C)cc3C)CC2)CC1. The molecule has 0 spiro atoms. The summed E-state index contributed by atoms with van der Waals surface area (Å²) in [5.74, 6) is 3.30. The fourth-order valence-electron chi connectivity index (χ4n) is 5.31. The topological polar surface area (TPSA) is 57.7 Å². The van der Waals surface area contributed by atoms with Gasteiger partial charge in [-0.05, 0) is 76.6 Å². The molecule has 0 N–H and O–H groups in total. The highest BCUT2D eigenvalue weighted by Gasteiger charge is 2.34. The van der Waals surface area contributed by atoms with Crippen LogP contribution in [-0.2, 0) is 14.8 Å². The van der Waals surface area contributed by atoms with Crippen LogP contribution in [0.5, 0.6) is 0 Å². The van der Waals surface area contributed by atoms with Crippen LogP contribution in [0, 0.1) is 39.0 Å². The lowest BCUT2D eigenvalue weighted by Crippen LogP contribution is -2.49. The van der Waals surface area contributed by atoms with E-state index in [2.05, 4.69) is 10.8 Å². The normalized spacial score (nSPS) is 19.9. The summed E-state index contributed by atoms with van der Waals surface area (Å²) in [4.78, 5) is 15.0. The molecule has 2 aliphatic heterocycles. The highest BCUT2D eigenvalue weighted by Crippen LogP contribution is 2.30. The summed E-state index contributed by atoms with van der Waals surface area (Å²) >= 11 is 0. The number of carbonyl (C=O) groups excluding carboxylic acids is 1. The van der Waals surface area contributed by atoms with E-state index in [9.17, 15) is 13.2 Å². The number of Topliss-reactive ketones (excluding diaryl/α,β-unsaturated/α-hetero) is 1. The van der Waals surface area contributed by atoms with Gasteiger partial charge in [-0.2, -0.15) is 4.31 Å². The molecule has 6 heteroatoms.